The van der Waals surface area contributed by atoms with Gasteiger partial charge in [-0.25, -0.2) is 0 Å². The maximum absolute atomic E-state index is 12.5. The predicted octanol–water partition coefficient (Wildman–Crippen LogP) is 4.36. The minimum atomic E-state index is 0.280. The van der Waals surface area contributed by atoms with Gasteiger partial charge in [0.2, 0.25) is 0 Å². The van der Waals surface area contributed by atoms with Crippen LogP contribution in [0.15, 0.2) is 42.6 Å². The number of aromatic nitrogens is 1. The monoisotopic (exact) mass is 279 g/mol. The Kier molecular flexibility index (Phi) is 4.14. The first kappa shape index (κ1) is 14.0. The van der Waals surface area contributed by atoms with E-state index >= 15 is 0 Å². The zero-order chi connectivity index (χ0) is 14.7. The van der Waals surface area contributed by atoms with Crippen molar-refractivity contribution in [3.8, 4) is 11.3 Å². The molecule has 1 aromatic carbocycles. The lowest BCUT2D eigenvalue weighted by molar-refractivity contribution is -0.122. The number of rotatable bonds is 4. The summed E-state index contributed by atoms with van der Waals surface area (Å²) < 4.78 is 0. The van der Waals surface area contributed by atoms with Crippen LogP contribution >= 0.6 is 0 Å². The van der Waals surface area contributed by atoms with Crippen molar-refractivity contribution in [2.45, 2.75) is 39.0 Å². The smallest absolute Gasteiger partial charge is 0.140 e. The zero-order valence-electron chi connectivity index (χ0n) is 12.5. The predicted molar refractivity (Wildman–Crippen MR) is 85.1 cm³/mol. The molecule has 1 aliphatic carbocycles. The van der Waals surface area contributed by atoms with Crippen LogP contribution in [0.25, 0.3) is 11.3 Å². The van der Waals surface area contributed by atoms with Crippen LogP contribution in [0.5, 0.6) is 0 Å². The average molecular weight is 279 g/mol. The summed E-state index contributed by atoms with van der Waals surface area (Å²) >= 11 is 0. The standard InChI is InChI=1S/C19H21NO/c1-14-7-6-10-16(13-18(21)15-8-2-3-9-15)19(14)17-11-4-5-12-20-17/h4-7,10-12,15H,2-3,8-9,13H2,1H3. The van der Waals surface area contributed by atoms with Crippen molar-refractivity contribution in [2.75, 3.05) is 0 Å². The summed E-state index contributed by atoms with van der Waals surface area (Å²) in [5.41, 5.74) is 4.39. The van der Waals surface area contributed by atoms with Crippen LogP contribution in [0.1, 0.15) is 36.8 Å². The molecule has 0 saturated heterocycles. The lowest BCUT2D eigenvalue weighted by atomic mass is 9.91. The molecule has 1 aliphatic rings. The number of Topliss-reactive ketones (excluding diaryl/α,β-unsaturated/α-hetero) is 1. The van der Waals surface area contributed by atoms with Crippen molar-refractivity contribution >= 4 is 5.78 Å². The molecule has 3 rings (SSSR count). The van der Waals surface area contributed by atoms with Gasteiger partial charge < -0.3 is 0 Å². The van der Waals surface area contributed by atoms with Gasteiger partial charge in [-0.2, -0.15) is 0 Å². The second kappa shape index (κ2) is 6.21. The molecule has 0 radical (unpaired) electrons. The van der Waals surface area contributed by atoms with Crippen LogP contribution < -0.4 is 0 Å². The van der Waals surface area contributed by atoms with Gasteiger partial charge in [0.1, 0.15) is 5.78 Å². The van der Waals surface area contributed by atoms with E-state index in [1.165, 1.54) is 18.4 Å². The molecule has 2 heteroatoms. The number of carbonyl (C=O) groups is 1. The maximum atomic E-state index is 12.5. The molecule has 1 saturated carbocycles. The molecule has 0 atom stereocenters. The van der Waals surface area contributed by atoms with Crippen LogP contribution in [0, 0.1) is 12.8 Å². The summed E-state index contributed by atoms with van der Waals surface area (Å²) in [4.78, 5) is 17.0. The van der Waals surface area contributed by atoms with E-state index in [1.54, 1.807) is 0 Å². The Balaban J connectivity index is 1.92. The molecular weight excluding hydrogens is 258 g/mol. The van der Waals surface area contributed by atoms with Crippen molar-refractivity contribution in [3.05, 3.63) is 53.7 Å². The van der Waals surface area contributed by atoms with E-state index in [2.05, 4.69) is 24.0 Å². The molecule has 0 N–H and O–H groups in total. The fourth-order valence-corrected chi connectivity index (χ4v) is 3.33. The van der Waals surface area contributed by atoms with E-state index in [0.29, 0.717) is 12.2 Å². The Hall–Kier alpha value is -1.96. The Labute approximate surface area is 126 Å². The molecule has 0 bridgehead atoms. The van der Waals surface area contributed by atoms with Crippen molar-refractivity contribution in [3.63, 3.8) is 0 Å². The molecule has 1 aromatic heterocycles. The summed E-state index contributed by atoms with van der Waals surface area (Å²) in [6.07, 6.45) is 6.91. The van der Waals surface area contributed by atoms with E-state index in [4.69, 9.17) is 0 Å². The van der Waals surface area contributed by atoms with E-state index < -0.39 is 0 Å². The van der Waals surface area contributed by atoms with E-state index in [-0.39, 0.29) is 5.92 Å². The number of nitrogens with zero attached hydrogens (tertiary/aromatic N) is 1. The third kappa shape index (κ3) is 3.05. The van der Waals surface area contributed by atoms with Gasteiger partial charge in [-0.3, -0.25) is 9.78 Å². The molecular formula is C19H21NO. The van der Waals surface area contributed by atoms with Crippen molar-refractivity contribution in [1.29, 1.82) is 0 Å². The summed E-state index contributed by atoms with van der Waals surface area (Å²) in [6, 6.07) is 12.1. The third-order valence-electron chi connectivity index (χ3n) is 4.46. The molecule has 1 heterocycles. The SMILES string of the molecule is Cc1cccc(CC(=O)C2CCCC2)c1-c1ccccn1. The van der Waals surface area contributed by atoms with Crippen LogP contribution in [0.2, 0.25) is 0 Å². The number of benzene rings is 1. The molecule has 0 unspecified atom stereocenters. The van der Waals surface area contributed by atoms with Gasteiger partial charge in [0.15, 0.2) is 0 Å². The first-order valence-electron chi connectivity index (χ1n) is 7.78. The molecule has 21 heavy (non-hydrogen) atoms. The highest BCUT2D eigenvalue weighted by Gasteiger charge is 2.23. The van der Waals surface area contributed by atoms with Gasteiger partial charge in [-0.05, 0) is 43.0 Å². The van der Waals surface area contributed by atoms with E-state index in [0.717, 1.165) is 29.7 Å². The first-order valence-corrected chi connectivity index (χ1v) is 7.78. The van der Waals surface area contributed by atoms with E-state index in [1.807, 2.05) is 30.5 Å². The van der Waals surface area contributed by atoms with Gasteiger partial charge >= 0.3 is 0 Å². The second-order valence-corrected chi connectivity index (χ2v) is 5.95. The minimum Gasteiger partial charge on any atom is -0.299 e. The molecule has 0 spiro atoms. The highest BCUT2D eigenvalue weighted by Crippen LogP contribution is 2.30. The second-order valence-electron chi connectivity index (χ2n) is 5.95. The summed E-state index contributed by atoms with van der Waals surface area (Å²) in [7, 11) is 0. The lowest BCUT2D eigenvalue weighted by Gasteiger charge is -2.14. The Morgan fingerprint density at radius 3 is 2.67 bits per heavy atom. The highest BCUT2D eigenvalue weighted by molar-refractivity contribution is 5.86. The Morgan fingerprint density at radius 2 is 1.95 bits per heavy atom. The lowest BCUT2D eigenvalue weighted by Crippen LogP contribution is -2.14. The highest BCUT2D eigenvalue weighted by atomic mass is 16.1. The van der Waals surface area contributed by atoms with Crippen LogP contribution in [-0.4, -0.2) is 10.8 Å². The normalized spacial score (nSPS) is 15.3. The Bertz CT molecular complexity index is 627. The molecule has 0 amide bonds. The summed E-state index contributed by atoms with van der Waals surface area (Å²) in [6.45, 7) is 2.09. The van der Waals surface area contributed by atoms with Crippen LogP contribution in [0.4, 0.5) is 0 Å². The van der Waals surface area contributed by atoms with Crippen LogP contribution in [-0.2, 0) is 11.2 Å². The van der Waals surface area contributed by atoms with E-state index in [9.17, 15) is 4.79 Å². The Morgan fingerprint density at radius 1 is 1.14 bits per heavy atom. The van der Waals surface area contributed by atoms with Gasteiger partial charge in [0, 0.05) is 24.1 Å². The minimum absolute atomic E-state index is 0.280. The summed E-state index contributed by atoms with van der Waals surface area (Å²) in [5.74, 6) is 0.678. The van der Waals surface area contributed by atoms with Crippen molar-refractivity contribution in [2.24, 2.45) is 5.92 Å². The number of aryl methyl sites for hydroxylation is 1. The number of hydrogen-bond donors (Lipinski definition) is 0. The van der Waals surface area contributed by atoms with Gasteiger partial charge in [-0.15, -0.1) is 0 Å². The molecule has 1 fully saturated rings. The third-order valence-corrected chi connectivity index (χ3v) is 4.46. The first-order chi connectivity index (χ1) is 10.3. The number of hydrogen-bond acceptors (Lipinski definition) is 2. The largest absolute Gasteiger partial charge is 0.299 e. The fraction of sp³-hybridized carbons (Fsp3) is 0.368. The maximum Gasteiger partial charge on any atom is 0.140 e. The summed E-state index contributed by atoms with van der Waals surface area (Å²) in [5, 5.41) is 0. The molecule has 0 aliphatic heterocycles. The zero-order valence-corrected chi connectivity index (χ0v) is 12.5. The fourth-order valence-electron chi connectivity index (χ4n) is 3.33. The molecule has 2 aromatic rings. The quantitative estimate of drug-likeness (QED) is 0.832. The van der Waals surface area contributed by atoms with Crippen molar-refractivity contribution < 1.29 is 4.79 Å². The van der Waals surface area contributed by atoms with Crippen LogP contribution in [0.3, 0.4) is 0 Å². The topological polar surface area (TPSA) is 30.0 Å². The number of pyridine rings is 1. The van der Waals surface area contributed by atoms with Crippen molar-refractivity contribution in [1.82, 2.24) is 4.98 Å². The molecule has 2 nitrogen and oxygen atoms in total. The average Bonchev–Trinajstić information content (AvgIpc) is 3.02. The number of carbonyl (C=O) groups excluding carboxylic acids is 1. The van der Waals surface area contributed by atoms with Gasteiger partial charge in [0.05, 0.1) is 5.69 Å². The van der Waals surface area contributed by atoms with Gasteiger partial charge in [-0.1, -0.05) is 37.1 Å². The number of ketones is 1. The van der Waals surface area contributed by atoms with Gasteiger partial charge in [0.25, 0.3) is 0 Å². The molecule has 108 valence electrons.